The molecule has 1 fully saturated rings. The molecular weight excluding hydrogens is 244 g/mol. The molecule has 1 atom stereocenters. The second-order valence-electron chi connectivity index (χ2n) is 5.39. The Kier molecular flexibility index (Phi) is 2.78. The second-order valence-corrected chi connectivity index (χ2v) is 5.39. The van der Waals surface area contributed by atoms with Gasteiger partial charge in [0.1, 0.15) is 0 Å². The third-order valence-corrected chi connectivity index (χ3v) is 4.34. The van der Waals surface area contributed by atoms with E-state index in [1.807, 2.05) is 6.07 Å². The molecule has 0 unspecified atom stereocenters. The maximum absolute atomic E-state index is 12.0. The number of carbonyl (C=O) groups excluding carboxylic acids is 2. The van der Waals surface area contributed by atoms with Crippen LogP contribution in [0.15, 0.2) is 18.2 Å². The lowest BCUT2D eigenvalue weighted by molar-refractivity contribution is -0.128. The van der Waals surface area contributed by atoms with Crippen molar-refractivity contribution >= 4 is 11.8 Å². The maximum Gasteiger partial charge on any atom is 0.274 e. The Bertz CT molecular complexity index is 556. The molecule has 0 bridgehead atoms. The van der Waals surface area contributed by atoms with Gasteiger partial charge in [0.15, 0.2) is 0 Å². The lowest BCUT2D eigenvalue weighted by Gasteiger charge is -2.32. The Morgan fingerprint density at radius 1 is 1.32 bits per heavy atom. The average Bonchev–Trinajstić information content (AvgIpc) is 2.78. The van der Waals surface area contributed by atoms with Gasteiger partial charge in [-0.1, -0.05) is 6.07 Å². The molecule has 1 aliphatic heterocycles. The number of hydroxylamine groups is 1. The molecule has 5 nitrogen and oxygen atoms in total. The molecule has 0 radical (unpaired) electrons. The largest absolute Gasteiger partial charge is 0.356 e. The topological polar surface area (TPSA) is 78.4 Å². The average molecular weight is 260 g/mol. The van der Waals surface area contributed by atoms with Crippen molar-refractivity contribution in [1.29, 1.82) is 0 Å². The number of nitrogens with one attached hydrogen (secondary N) is 2. The molecule has 1 spiro atoms. The predicted octanol–water partition coefficient (Wildman–Crippen LogP) is 0.801. The van der Waals surface area contributed by atoms with Crippen LogP contribution in [0.1, 0.15) is 34.3 Å². The molecule has 19 heavy (non-hydrogen) atoms. The third kappa shape index (κ3) is 1.90. The summed E-state index contributed by atoms with van der Waals surface area (Å²) in [5.41, 5.74) is 4.02. The monoisotopic (exact) mass is 260 g/mol. The summed E-state index contributed by atoms with van der Waals surface area (Å²) >= 11 is 0. The zero-order valence-corrected chi connectivity index (χ0v) is 10.5. The summed E-state index contributed by atoms with van der Waals surface area (Å²) in [6.07, 6.45) is 3.28. The van der Waals surface area contributed by atoms with Crippen molar-refractivity contribution in [3.05, 3.63) is 34.9 Å². The molecule has 3 N–H and O–H groups in total. The Hall–Kier alpha value is -1.88. The van der Waals surface area contributed by atoms with Crippen LogP contribution in [0, 0.1) is 5.41 Å². The van der Waals surface area contributed by atoms with E-state index in [2.05, 4.69) is 5.32 Å². The van der Waals surface area contributed by atoms with Crippen LogP contribution in [0.3, 0.4) is 0 Å². The molecule has 5 heteroatoms. The fourth-order valence-electron chi connectivity index (χ4n) is 3.19. The van der Waals surface area contributed by atoms with Gasteiger partial charge in [0.05, 0.1) is 5.41 Å². The van der Waals surface area contributed by atoms with Crippen LogP contribution in [0.2, 0.25) is 0 Å². The van der Waals surface area contributed by atoms with E-state index in [4.69, 9.17) is 5.21 Å². The van der Waals surface area contributed by atoms with Crippen molar-refractivity contribution in [2.45, 2.75) is 25.7 Å². The highest BCUT2D eigenvalue weighted by Crippen LogP contribution is 2.41. The Balaban J connectivity index is 1.95. The molecule has 1 aromatic carbocycles. The summed E-state index contributed by atoms with van der Waals surface area (Å²) in [4.78, 5) is 23.4. The molecule has 3 rings (SSSR count). The molecule has 0 saturated carbocycles. The molecule has 2 aliphatic rings. The van der Waals surface area contributed by atoms with E-state index in [1.54, 1.807) is 17.6 Å². The van der Waals surface area contributed by atoms with Crippen LogP contribution in [0.4, 0.5) is 0 Å². The number of hydrogen-bond acceptors (Lipinski definition) is 3. The van der Waals surface area contributed by atoms with Crippen molar-refractivity contribution in [3.8, 4) is 0 Å². The minimum absolute atomic E-state index is 0.134. The first-order valence-corrected chi connectivity index (χ1v) is 6.49. The van der Waals surface area contributed by atoms with E-state index in [-0.39, 0.29) is 11.3 Å². The number of aryl methyl sites for hydroxylation is 1. The molecule has 2 amide bonds. The molecule has 1 aliphatic carbocycles. The first kappa shape index (κ1) is 12.2. The molecular formula is C14H16N2O3. The van der Waals surface area contributed by atoms with Crippen LogP contribution in [0.5, 0.6) is 0 Å². The van der Waals surface area contributed by atoms with Gasteiger partial charge < -0.3 is 5.32 Å². The van der Waals surface area contributed by atoms with Crippen molar-refractivity contribution in [3.63, 3.8) is 0 Å². The zero-order chi connectivity index (χ0) is 13.5. The fraction of sp³-hybridized carbons (Fsp3) is 0.429. The van der Waals surface area contributed by atoms with Gasteiger partial charge in [-0.2, -0.15) is 0 Å². The van der Waals surface area contributed by atoms with Gasteiger partial charge in [0, 0.05) is 12.1 Å². The van der Waals surface area contributed by atoms with Gasteiger partial charge in [0.25, 0.3) is 5.91 Å². The van der Waals surface area contributed by atoms with E-state index in [9.17, 15) is 9.59 Å². The van der Waals surface area contributed by atoms with E-state index in [0.717, 1.165) is 31.4 Å². The van der Waals surface area contributed by atoms with Gasteiger partial charge in [-0.25, -0.2) is 5.48 Å². The Labute approximate surface area is 111 Å². The standard InChI is InChI=1S/C14H16N2O3/c17-12(16-19)10-2-1-9-3-4-14(8-11(9)7-10)5-6-15-13(14)18/h1-2,7,19H,3-6,8H2,(H,15,18)(H,16,17)/t14-/m0/s1. The summed E-state index contributed by atoms with van der Waals surface area (Å²) in [6.45, 7) is 0.741. The maximum atomic E-state index is 12.0. The highest BCUT2D eigenvalue weighted by atomic mass is 16.5. The van der Waals surface area contributed by atoms with Crippen LogP contribution >= 0.6 is 0 Å². The summed E-state index contributed by atoms with van der Waals surface area (Å²) in [6, 6.07) is 5.41. The number of hydrogen-bond donors (Lipinski definition) is 3. The van der Waals surface area contributed by atoms with Gasteiger partial charge in [-0.3, -0.25) is 14.8 Å². The Morgan fingerprint density at radius 3 is 2.84 bits per heavy atom. The summed E-state index contributed by atoms with van der Waals surface area (Å²) < 4.78 is 0. The van der Waals surface area contributed by atoms with Crippen molar-refractivity contribution in [2.75, 3.05) is 6.54 Å². The smallest absolute Gasteiger partial charge is 0.274 e. The van der Waals surface area contributed by atoms with E-state index in [0.29, 0.717) is 12.0 Å². The molecule has 1 heterocycles. The van der Waals surface area contributed by atoms with E-state index in [1.165, 1.54) is 5.56 Å². The SMILES string of the molecule is O=C(NO)c1ccc2c(c1)C[C@@]1(CCNC1=O)CC2. The first-order valence-electron chi connectivity index (χ1n) is 6.49. The lowest BCUT2D eigenvalue weighted by Crippen LogP contribution is -2.36. The highest BCUT2D eigenvalue weighted by Gasteiger charge is 2.44. The van der Waals surface area contributed by atoms with Crippen LogP contribution < -0.4 is 10.8 Å². The zero-order valence-electron chi connectivity index (χ0n) is 10.5. The van der Waals surface area contributed by atoms with Crippen molar-refractivity contribution in [2.24, 2.45) is 5.41 Å². The first-order chi connectivity index (χ1) is 9.14. The highest BCUT2D eigenvalue weighted by molar-refractivity contribution is 5.93. The number of fused-ring (bicyclic) bond motifs is 1. The lowest BCUT2D eigenvalue weighted by atomic mass is 9.70. The van der Waals surface area contributed by atoms with Gasteiger partial charge in [0.2, 0.25) is 5.91 Å². The normalized spacial score (nSPS) is 25.0. The fourth-order valence-corrected chi connectivity index (χ4v) is 3.19. The second kappa shape index (κ2) is 4.35. The van der Waals surface area contributed by atoms with Crippen molar-refractivity contribution in [1.82, 2.24) is 10.8 Å². The summed E-state index contributed by atoms with van der Waals surface area (Å²) in [7, 11) is 0. The minimum Gasteiger partial charge on any atom is -0.356 e. The van der Waals surface area contributed by atoms with Gasteiger partial charge in [-0.05, 0) is 48.9 Å². The van der Waals surface area contributed by atoms with Gasteiger partial charge >= 0.3 is 0 Å². The molecule has 1 saturated heterocycles. The molecule has 1 aromatic rings. The number of carbonyl (C=O) groups is 2. The Morgan fingerprint density at radius 2 is 2.16 bits per heavy atom. The molecule has 0 aromatic heterocycles. The van der Waals surface area contributed by atoms with Crippen LogP contribution in [-0.2, 0) is 17.6 Å². The number of benzene rings is 1. The van der Waals surface area contributed by atoms with Crippen LogP contribution in [0.25, 0.3) is 0 Å². The summed E-state index contributed by atoms with van der Waals surface area (Å²) in [5, 5.41) is 11.6. The van der Waals surface area contributed by atoms with E-state index < -0.39 is 5.91 Å². The minimum atomic E-state index is -0.515. The molecule has 100 valence electrons. The third-order valence-electron chi connectivity index (χ3n) is 4.34. The van der Waals surface area contributed by atoms with E-state index >= 15 is 0 Å². The predicted molar refractivity (Wildman–Crippen MR) is 67.8 cm³/mol. The number of amides is 2. The number of rotatable bonds is 1. The quantitative estimate of drug-likeness (QED) is 0.516. The van der Waals surface area contributed by atoms with Crippen molar-refractivity contribution < 1.29 is 14.8 Å². The van der Waals surface area contributed by atoms with Crippen LogP contribution in [-0.4, -0.2) is 23.6 Å². The van der Waals surface area contributed by atoms with Gasteiger partial charge in [-0.15, -0.1) is 0 Å². The summed E-state index contributed by atoms with van der Waals surface area (Å²) in [5.74, 6) is -0.381.